The van der Waals surface area contributed by atoms with Crippen molar-refractivity contribution in [1.82, 2.24) is 4.90 Å². The summed E-state index contributed by atoms with van der Waals surface area (Å²) in [4.78, 5) is 2.07. The summed E-state index contributed by atoms with van der Waals surface area (Å²) >= 11 is 0. The number of methoxy groups -OCH3 is 1. The molecule has 0 spiro atoms. The summed E-state index contributed by atoms with van der Waals surface area (Å²) in [7, 11) is 3.37. The second-order valence-corrected chi connectivity index (χ2v) is 5.34. The Bertz CT molecular complexity index is 712. The summed E-state index contributed by atoms with van der Waals surface area (Å²) in [5.41, 5.74) is 2.63. The largest absolute Gasteiger partial charge is 0.493 e. The quantitative estimate of drug-likeness (QED) is 0.774. The summed E-state index contributed by atoms with van der Waals surface area (Å²) in [5, 5.41) is 8.80. The van der Waals surface area contributed by atoms with Gasteiger partial charge in [-0.05, 0) is 42.4 Å². The Kier molecular flexibility index (Phi) is 6.10. The average Bonchev–Trinajstić information content (AvgIpc) is 2.56. The highest BCUT2D eigenvalue weighted by Gasteiger charge is 2.12. The molecule has 0 aromatic heterocycles. The molecule has 0 N–H and O–H groups in total. The molecule has 0 atom stereocenters. The van der Waals surface area contributed by atoms with Crippen LogP contribution in [0.4, 0.5) is 8.78 Å². The van der Waals surface area contributed by atoms with Crippen molar-refractivity contribution >= 4 is 0 Å². The zero-order valence-electron chi connectivity index (χ0n) is 13.5. The van der Waals surface area contributed by atoms with Gasteiger partial charge < -0.3 is 9.47 Å². The molecule has 4 nitrogen and oxygen atoms in total. The Morgan fingerprint density at radius 1 is 1.04 bits per heavy atom. The van der Waals surface area contributed by atoms with E-state index < -0.39 is 6.61 Å². The van der Waals surface area contributed by atoms with Gasteiger partial charge in [0.2, 0.25) is 0 Å². The fourth-order valence-electron chi connectivity index (χ4n) is 2.37. The molecule has 0 radical (unpaired) electrons. The molecule has 126 valence electrons. The van der Waals surface area contributed by atoms with E-state index in [2.05, 4.69) is 15.7 Å². The maximum Gasteiger partial charge on any atom is 0.387 e. The van der Waals surface area contributed by atoms with Gasteiger partial charge in [-0.1, -0.05) is 18.2 Å². The lowest BCUT2D eigenvalue weighted by Gasteiger charge is -2.18. The number of ether oxygens (including phenoxy) is 2. The fourth-order valence-corrected chi connectivity index (χ4v) is 2.37. The Hall–Kier alpha value is -2.65. The van der Waals surface area contributed by atoms with E-state index in [9.17, 15) is 8.78 Å². The standard InChI is InChI=1S/C18H18F2N2O2/c1-22(11-14-5-3-13(10-21)4-6-14)12-15-7-8-16(24-18(19)20)17(9-15)23-2/h3-9,18H,11-12H2,1-2H3. The lowest BCUT2D eigenvalue weighted by Crippen LogP contribution is -2.17. The second kappa shape index (κ2) is 8.27. The van der Waals surface area contributed by atoms with Crippen LogP contribution in [0.25, 0.3) is 0 Å². The van der Waals surface area contributed by atoms with Crippen LogP contribution in [0, 0.1) is 11.3 Å². The number of halogens is 2. The van der Waals surface area contributed by atoms with Crippen LogP contribution in [0.3, 0.4) is 0 Å². The Morgan fingerprint density at radius 3 is 2.25 bits per heavy atom. The molecule has 0 fully saturated rings. The van der Waals surface area contributed by atoms with Gasteiger partial charge in [-0.25, -0.2) is 0 Å². The molecule has 2 aromatic rings. The minimum absolute atomic E-state index is 0.0194. The third-order valence-corrected chi connectivity index (χ3v) is 3.43. The van der Waals surface area contributed by atoms with Crippen LogP contribution in [0.2, 0.25) is 0 Å². The molecule has 6 heteroatoms. The van der Waals surface area contributed by atoms with E-state index >= 15 is 0 Å². The fraction of sp³-hybridized carbons (Fsp3) is 0.278. The van der Waals surface area contributed by atoms with Gasteiger partial charge in [0.1, 0.15) is 0 Å². The highest BCUT2D eigenvalue weighted by Crippen LogP contribution is 2.29. The molecule has 2 rings (SSSR count). The molecule has 2 aromatic carbocycles. The predicted molar refractivity (Wildman–Crippen MR) is 86.0 cm³/mol. The Morgan fingerprint density at radius 2 is 1.67 bits per heavy atom. The maximum atomic E-state index is 12.3. The zero-order valence-corrected chi connectivity index (χ0v) is 13.5. The first kappa shape index (κ1) is 17.7. The van der Waals surface area contributed by atoms with Crippen molar-refractivity contribution in [3.05, 3.63) is 59.2 Å². The van der Waals surface area contributed by atoms with Crippen molar-refractivity contribution in [2.45, 2.75) is 19.7 Å². The van der Waals surface area contributed by atoms with Crippen molar-refractivity contribution in [3.63, 3.8) is 0 Å². The monoisotopic (exact) mass is 332 g/mol. The first-order chi connectivity index (χ1) is 11.5. The number of nitriles is 1. The van der Waals surface area contributed by atoms with E-state index in [1.165, 1.54) is 13.2 Å². The van der Waals surface area contributed by atoms with Crippen LogP contribution in [0.1, 0.15) is 16.7 Å². The van der Waals surface area contributed by atoms with Gasteiger partial charge >= 0.3 is 6.61 Å². The second-order valence-electron chi connectivity index (χ2n) is 5.34. The highest BCUT2D eigenvalue weighted by molar-refractivity contribution is 5.43. The van der Waals surface area contributed by atoms with Gasteiger partial charge in [-0.2, -0.15) is 14.0 Å². The first-order valence-electron chi connectivity index (χ1n) is 7.31. The van der Waals surface area contributed by atoms with Crippen LogP contribution < -0.4 is 9.47 Å². The van der Waals surface area contributed by atoms with E-state index in [4.69, 9.17) is 10.00 Å². The molecule has 0 saturated carbocycles. The number of hydrogen-bond donors (Lipinski definition) is 0. The number of hydrogen-bond acceptors (Lipinski definition) is 4. The molecule has 0 aliphatic rings. The lowest BCUT2D eigenvalue weighted by molar-refractivity contribution is -0.0512. The van der Waals surface area contributed by atoms with Crippen LogP contribution in [-0.2, 0) is 13.1 Å². The molecule has 0 amide bonds. The van der Waals surface area contributed by atoms with Crippen LogP contribution in [0.15, 0.2) is 42.5 Å². The smallest absolute Gasteiger partial charge is 0.387 e. The average molecular weight is 332 g/mol. The molecule has 0 bridgehead atoms. The van der Waals surface area contributed by atoms with Gasteiger partial charge in [0, 0.05) is 13.1 Å². The Balaban J connectivity index is 2.02. The van der Waals surface area contributed by atoms with Gasteiger partial charge in [0.15, 0.2) is 11.5 Å². The molecule has 0 aliphatic carbocycles. The molecule has 0 unspecified atom stereocenters. The molecule has 0 heterocycles. The van der Waals surface area contributed by atoms with E-state index in [1.54, 1.807) is 24.3 Å². The van der Waals surface area contributed by atoms with Gasteiger partial charge in [-0.3, -0.25) is 4.90 Å². The summed E-state index contributed by atoms with van der Waals surface area (Å²) in [5.74, 6) is 0.297. The number of rotatable bonds is 7. The van der Waals surface area contributed by atoms with Crippen molar-refractivity contribution < 1.29 is 18.3 Å². The summed E-state index contributed by atoms with van der Waals surface area (Å²) in [6.07, 6.45) is 0. The highest BCUT2D eigenvalue weighted by atomic mass is 19.3. The van der Waals surface area contributed by atoms with E-state index in [1.807, 2.05) is 19.2 Å². The number of alkyl halides is 2. The zero-order chi connectivity index (χ0) is 17.5. The van der Waals surface area contributed by atoms with Gasteiger partial charge in [0.25, 0.3) is 0 Å². The molecule has 24 heavy (non-hydrogen) atoms. The normalized spacial score (nSPS) is 10.7. The molecule has 0 aliphatic heterocycles. The van der Waals surface area contributed by atoms with E-state index in [0.717, 1.165) is 11.1 Å². The third kappa shape index (κ3) is 4.93. The Labute approximate surface area is 139 Å². The predicted octanol–water partition coefficient (Wildman–Crippen LogP) is 3.80. The summed E-state index contributed by atoms with van der Waals surface area (Å²) < 4.78 is 34.2. The molecule has 0 saturated heterocycles. The third-order valence-electron chi connectivity index (χ3n) is 3.43. The molecular formula is C18H18F2N2O2. The summed E-state index contributed by atoms with van der Waals surface area (Å²) in [6.45, 7) is -1.57. The minimum Gasteiger partial charge on any atom is -0.493 e. The first-order valence-corrected chi connectivity index (χ1v) is 7.31. The van der Waals surface area contributed by atoms with Crippen LogP contribution in [0.5, 0.6) is 11.5 Å². The van der Waals surface area contributed by atoms with Gasteiger partial charge in [-0.15, -0.1) is 0 Å². The maximum absolute atomic E-state index is 12.3. The van der Waals surface area contributed by atoms with E-state index in [-0.39, 0.29) is 11.5 Å². The molecular weight excluding hydrogens is 314 g/mol. The lowest BCUT2D eigenvalue weighted by atomic mass is 10.1. The van der Waals surface area contributed by atoms with Gasteiger partial charge in [0.05, 0.1) is 18.7 Å². The van der Waals surface area contributed by atoms with Crippen LogP contribution in [-0.4, -0.2) is 25.7 Å². The van der Waals surface area contributed by atoms with Crippen molar-refractivity contribution in [1.29, 1.82) is 5.26 Å². The number of benzene rings is 2. The van der Waals surface area contributed by atoms with Crippen molar-refractivity contribution in [3.8, 4) is 17.6 Å². The van der Waals surface area contributed by atoms with Crippen LogP contribution >= 0.6 is 0 Å². The summed E-state index contributed by atoms with van der Waals surface area (Å²) in [6, 6.07) is 14.4. The SMILES string of the molecule is COc1cc(CN(C)Cc2ccc(C#N)cc2)ccc1OC(F)F. The number of nitrogens with zero attached hydrogens (tertiary/aromatic N) is 2. The van der Waals surface area contributed by atoms with Crippen molar-refractivity contribution in [2.24, 2.45) is 0 Å². The van der Waals surface area contributed by atoms with E-state index in [0.29, 0.717) is 18.7 Å². The topological polar surface area (TPSA) is 45.5 Å². The minimum atomic E-state index is -2.89. The van der Waals surface area contributed by atoms with Crippen molar-refractivity contribution in [2.75, 3.05) is 14.2 Å².